The van der Waals surface area contributed by atoms with Gasteiger partial charge in [-0.15, -0.1) is 11.8 Å². The number of nitrogens with one attached hydrogen (secondary N) is 2. The van der Waals surface area contributed by atoms with Crippen molar-refractivity contribution in [2.75, 3.05) is 37.7 Å². The number of nitrogens with zero attached hydrogens (tertiary/aromatic N) is 2. The van der Waals surface area contributed by atoms with E-state index in [4.69, 9.17) is 4.74 Å². The van der Waals surface area contributed by atoms with E-state index in [2.05, 4.69) is 10.3 Å². The average Bonchev–Trinajstić information content (AvgIpc) is 3.39. The number of amides is 3. The van der Waals surface area contributed by atoms with Gasteiger partial charge in [0.2, 0.25) is 5.91 Å². The van der Waals surface area contributed by atoms with E-state index in [0.29, 0.717) is 37.7 Å². The van der Waals surface area contributed by atoms with Crippen molar-refractivity contribution >= 4 is 46.1 Å². The number of aromatic amines is 1. The number of aromatic nitrogens is 1. The molecule has 9 heteroatoms. The van der Waals surface area contributed by atoms with Crippen molar-refractivity contribution in [3.8, 4) is 0 Å². The fourth-order valence-electron chi connectivity index (χ4n) is 5.07. The standard InChI is InChI=1S/C30H28N4O4S/c35-26(33-14-16-38-17-15-33)19-34-24-12-6-7-13-25(24)39-28(20-8-2-1-3-9-20)27(30(34)37)32-29(36)23-18-21-10-4-5-11-22(21)31-23/h1-13,18,27-28,31H,14-17,19H2,(H,32,36)/t27-,28-/m1/s1. The first-order chi connectivity index (χ1) is 19.1. The number of benzene rings is 3. The lowest BCUT2D eigenvalue weighted by atomic mass is 10.0. The topological polar surface area (TPSA) is 94.7 Å². The molecule has 1 fully saturated rings. The van der Waals surface area contributed by atoms with E-state index in [1.165, 1.54) is 16.7 Å². The third-order valence-electron chi connectivity index (χ3n) is 7.09. The van der Waals surface area contributed by atoms with Crippen molar-refractivity contribution in [2.45, 2.75) is 16.2 Å². The second-order valence-corrected chi connectivity index (χ2v) is 10.7. The summed E-state index contributed by atoms with van der Waals surface area (Å²) >= 11 is 1.52. The van der Waals surface area contributed by atoms with Gasteiger partial charge in [-0.05, 0) is 29.8 Å². The third-order valence-corrected chi connectivity index (χ3v) is 8.49. The van der Waals surface area contributed by atoms with Crippen LogP contribution in [-0.2, 0) is 14.3 Å². The first kappa shape index (κ1) is 25.2. The summed E-state index contributed by atoms with van der Waals surface area (Å²) in [6.07, 6.45) is 0. The summed E-state index contributed by atoms with van der Waals surface area (Å²) in [5.74, 6) is -0.853. The number of morpholine rings is 1. The Balaban J connectivity index is 1.37. The van der Waals surface area contributed by atoms with Crippen LogP contribution in [0.15, 0.2) is 89.8 Å². The Morgan fingerprint density at radius 3 is 2.46 bits per heavy atom. The molecule has 198 valence electrons. The maximum absolute atomic E-state index is 14.3. The fourth-order valence-corrected chi connectivity index (χ4v) is 6.41. The van der Waals surface area contributed by atoms with Crippen LogP contribution in [0.3, 0.4) is 0 Å². The number of thioether (sulfide) groups is 1. The predicted molar refractivity (Wildman–Crippen MR) is 151 cm³/mol. The lowest BCUT2D eigenvalue weighted by molar-refractivity contribution is -0.135. The molecule has 3 heterocycles. The van der Waals surface area contributed by atoms with Crippen LogP contribution in [0.2, 0.25) is 0 Å². The molecule has 4 aromatic rings. The van der Waals surface area contributed by atoms with Crippen molar-refractivity contribution < 1.29 is 19.1 Å². The molecule has 2 atom stereocenters. The maximum atomic E-state index is 14.3. The lowest BCUT2D eigenvalue weighted by Gasteiger charge is -2.31. The number of carbonyl (C=O) groups excluding carboxylic acids is 3. The van der Waals surface area contributed by atoms with Gasteiger partial charge in [-0.25, -0.2) is 0 Å². The molecule has 1 saturated heterocycles. The minimum absolute atomic E-state index is 0.114. The van der Waals surface area contributed by atoms with Crippen LogP contribution in [0, 0.1) is 0 Å². The Morgan fingerprint density at radius 2 is 1.67 bits per heavy atom. The molecule has 0 unspecified atom stereocenters. The summed E-state index contributed by atoms with van der Waals surface area (Å²) in [4.78, 5) is 48.5. The molecule has 39 heavy (non-hydrogen) atoms. The van der Waals surface area contributed by atoms with E-state index in [-0.39, 0.29) is 24.3 Å². The van der Waals surface area contributed by atoms with Crippen LogP contribution in [0.5, 0.6) is 0 Å². The number of ether oxygens (including phenoxy) is 1. The van der Waals surface area contributed by atoms with Crippen molar-refractivity contribution in [2.24, 2.45) is 0 Å². The third kappa shape index (κ3) is 5.15. The van der Waals surface area contributed by atoms with Crippen LogP contribution in [0.1, 0.15) is 21.3 Å². The van der Waals surface area contributed by atoms with Gasteiger partial charge in [-0.2, -0.15) is 0 Å². The van der Waals surface area contributed by atoms with Crippen LogP contribution in [0.25, 0.3) is 10.9 Å². The first-order valence-corrected chi connectivity index (χ1v) is 13.8. The molecule has 0 spiro atoms. The maximum Gasteiger partial charge on any atom is 0.268 e. The Bertz CT molecular complexity index is 1480. The summed E-state index contributed by atoms with van der Waals surface area (Å²) in [6, 6.07) is 25.8. The minimum Gasteiger partial charge on any atom is -0.378 e. The first-order valence-electron chi connectivity index (χ1n) is 12.9. The van der Waals surface area contributed by atoms with Crippen molar-refractivity contribution in [3.05, 3.63) is 96.2 Å². The van der Waals surface area contributed by atoms with E-state index in [1.54, 1.807) is 11.0 Å². The molecule has 0 radical (unpaired) electrons. The number of H-pyrrole nitrogens is 1. The minimum atomic E-state index is -0.916. The van der Waals surface area contributed by atoms with Gasteiger partial charge in [-0.3, -0.25) is 14.4 Å². The molecule has 8 nitrogen and oxygen atoms in total. The van der Waals surface area contributed by atoms with E-state index in [9.17, 15) is 14.4 Å². The molecular weight excluding hydrogens is 512 g/mol. The number of para-hydroxylation sites is 2. The zero-order chi connectivity index (χ0) is 26.8. The second-order valence-electron chi connectivity index (χ2n) is 9.56. The Hall–Kier alpha value is -4.08. The van der Waals surface area contributed by atoms with E-state index in [0.717, 1.165) is 21.4 Å². The highest BCUT2D eigenvalue weighted by molar-refractivity contribution is 7.99. The number of fused-ring (bicyclic) bond motifs is 2. The lowest BCUT2D eigenvalue weighted by Crippen LogP contribution is -2.53. The Morgan fingerprint density at radius 1 is 0.949 bits per heavy atom. The fraction of sp³-hybridized carbons (Fsp3) is 0.233. The smallest absolute Gasteiger partial charge is 0.268 e. The van der Waals surface area contributed by atoms with Gasteiger partial charge < -0.3 is 24.8 Å². The molecule has 1 aromatic heterocycles. The summed E-state index contributed by atoms with van der Waals surface area (Å²) in [6.45, 7) is 1.82. The molecule has 0 saturated carbocycles. The molecule has 0 bridgehead atoms. The monoisotopic (exact) mass is 540 g/mol. The predicted octanol–water partition coefficient (Wildman–Crippen LogP) is 4.01. The highest BCUT2D eigenvalue weighted by Crippen LogP contribution is 2.45. The van der Waals surface area contributed by atoms with Gasteiger partial charge in [-0.1, -0.05) is 60.7 Å². The van der Waals surface area contributed by atoms with Gasteiger partial charge in [0.05, 0.1) is 24.2 Å². The quantitative estimate of drug-likeness (QED) is 0.399. The van der Waals surface area contributed by atoms with Gasteiger partial charge in [0.25, 0.3) is 11.8 Å². The van der Waals surface area contributed by atoms with Crippen molar-refractivity contribution in [3.63, 3.8) is 0 Å². The van der Waals surface area contributed by atoms with Gasteiger partial charge >= 0.3 is 0 Å². The molecule has 2 aliphatic heterocycles. The highest BCUT2D eigenvalue weighted by atomic mass is 32.2. The highest BCUT2D eigenvalue weighted by Gasteiger charge is 2.40. The number of carbonyl (C=O) groups is 3. The normalized spacial score (nSPS) is 19.4. The summed E-state index contributed by atoms with van der Waals surface area (Å²) in [7, 11) is 0. The van der Waals surface area contributed by atoms with Crippen LogP contribution in [-0.4, -0.2) is 66.5 Å². The Kier molecular flexibility index (Phi) is 7.08. The van der Waals surface area contributed by atoms with Gasteiger partial charge in [0, 0.05) is 28.9 Å². The van der Waals surface area contributed by atoms with Crippen LogP contribution >= 0.6 is 11.8 Å². The summed E-state index contributed by atoms with van der Waals surface area (Å²) in [5, 5.41) is 3.53. The molecule has 2 N–H and O–H groups in total. The number of rotatable bonds is 5. The van der Waals surface area contributed by atoms with Gasteiger partial charge in [0.1, 0.15) is 18.3 Å². The molecule has 3 amide bonds. The summed E-state index contributed by atoms with van der Waals surface area (Å²) < 4.78 is 5.40. The second kappa shape index (κ2) is 11.0. The van der Waals surface area contributed by atoms with Crippen molar-refractivity contribution in [1.29, 1.82) is 0 Å². The van der Waals surface area contributed by atoms with E-state index < -0.39 is 11.3 Å². The Labute approximate surface area is 230 Å². The zero-order valence-electron chi connectivity index (χ0n) is 21.2. The molecule has 3 aromatic carbocycles. The molecule has 0 aliphatic carbocycles. The zero-order valence-corrected chi connectivity index (χ0v) is 22.0. The summed E-state index contributed by atoms with van der Waals surface area (Å²) in [5.41, 5.74) is 2.79. The van der Waals surface area contributed by atoms with E-state index in [1.807, 2.05) is 78.9 Å². The number of hydrogen-bond donors (Lipinski definition) is 2. The average molecular weight is 541 g/mol. The largest absolute Gasteiger partial charge is 0.378 e. The van der Waals surface area contributed by atoms with Crippen LogP contribution < -0.4 is 10.2 Å². The van der Waals surface area contributed by atoms with Gasteiger partial charge in [0.15, 0.2) is 0 Å². The molecule has 2 aliphatic rings. The molecule has 6 rings (SSSR count). The van der Waals surface area contributed by atoms with Crippen LogP contribution in [0.4, 0.5) is 5.69 Å². The molecular formula is C30H28N4O4S. The van der Waals surface area contributed by atoms with E-state index >= 15 is 0 Å². The number of anilines is 1. The number of hydrogen-bond acceptors (Lipinski definition) is 5. The van der Waals surface area contributed by atoms with Crippen molar-refractivity contribution in [1.82, 2.24) is 15.2 Å². The SMILES string of the molecule is O=C(N[C@H]1C(=O)N(CC(=O)N2CCOCC2)c2ccccc2S[C@@H]1c1ccccc1)c1cc2ccccc2[nH]1.